The number of hydrogen-bond acceptors (Lipinski definition) is 8. The van der Waals surface area contributed by atoms with Gasteiger partial charge < -0.3 is 15.5 Å². The normalized spacial score (nSPS) is 21.0. The molecule has 8 nitrogen and oxygen atoms in total. The van der Waals surface area contributed by atoms with Crippen LogP contribution in [0.25, 0.3) is 0 Å². The lowest BCUT2D eigenvalue weighted by Crippen LogP contribution is -2.61. The third-order valence-electron chi connectivity index (χ3n) is 8.46. The molecule has 2 N–H and O–H groups in total. The lowest BCUT2D eigenvalue weighted by Gasteiger charge is -2.49. The Hall–Kier alpha value is -3.36. The Labute approximate surface area is 260 Å². The summed E-state index contributed by atoms with van der Waals surface area (Å²) in [5.74, 6) is 0.525. The van der Waals surface area contributed by atoms with Gasteiger partial charge in [-0.15, -0.1) is 0 Å². The summed E-state index contributed by atoms with van der Waals surface area (Å²) in [5.41, 5.74) is -2.40. The largest absolute Gasteiger partial charge is 0.416 e. The van der Waals surface area contributed by atoms with Crippen molar-refractivity contribution in [1.29, 1.82) is 0 Å². The number of likely N-dealkylation sites (tertiary alicyclic amines) is 1. The first-order chi connectivity index (χ1) is 21.1. The first kappa shape index (κ1) is 33.0. The van der Waals surface area contributed by atoms with E-state index in [4.69, 9.17) is 11.6 Å². The molecule has 2 fully saturated rings. The molecule has 2 aliphatic heterocycles. The maximum atomic E-state index is 13.1. The van der Waals surface area contributed by atoms with Gasteiger partial charge in [0.1, 0.15) is 23.7 Å². The maximum Gasteiger partial charge on any atom is 0.416 e. The number of rotatable bonds is 8. The molecule has 0 unspecified atom stereocenters. The Bertz CT molecular complexity index is 1580. The second kappa shape index (κ2) is 12.8. The van der Waals surface area contributed by atoms with Crippen LogP contribution in [0.2, 0.25) is 5.02 Å². The SMILES string of the molecule is C[C@@H]1CN(c2ncc(Nc3c(NCC(F)(F)F)c(=O)c3=O)cc2Cl)[C@@H](C)CN1C1CCN(Cc2cccc(C(F)(F)F)c2)CC1. The van der Waals surface area contributed by atoms with E-state index in [1.807, 2.05) is 5.32 Å². The van der Waals surface area contributed by atoms with Crippen LogP contribution in [0.4, 0.5) is 49.2 Å². The van der Waals surface area contributed by atoms with E-state index in [0.717, 1.165) is 38.5 Å². The van der Waals surface area contributed by atoms with E-state index in [9.17, 15) is 35.9 Å². The monoisotopic (exact) mass is 658 g/mol. The number of benzene rings is 1. The van der Waals surface area contributed by atoms with Crippen molar-refractivity contribution in [3.05, 3.63) is 73.1 Å². The van der Waals surface area contributed by atoms with Crippen molar-refractivity contribution in [3.8, 4) is 0 Å². The molecular formula is C30H33ClF6N6O2. The van der Waals surface area contributed by atoms with Crippen molar-refractivity contribution in [1.82, 2.24) is 14.8 Å². The molecule has 3 aromatic rings. The average Bonchev–Trinajstić information content (AvgIpc) is 2.97. The second-order valence-corrected chi connectivity index (χ2v) is 12.2. The zero-order valence-corrected chi connectivity index (χ0v) is 25.4. The van der Waals surface area contributed by atoms with E-state index < -0.39 is 41.0 Å². The Morgan fingerprint density at radius 2 is 1.64 bits per heavy atom. The summed E-state index contributed by atoms with van der Waals surface area (Å²) in [4.78, 5) is 35.0. The molecule has 2 atom stereocenters. The van der Waals surface area contributed by atoms with Crippen LogP contribution in [0.15, 0.2) is 46.1 Å². The molecule has 244 valence electrons. The molecule has 2 saturated heterocycles. The highest BCUT2D eigenvalue weighted by molar-refractivity contribution is 6.33. The van der Waals surface area contributed by atoms with Crippen LogP contribution in [0, 0.1) is 0 Å². The summed E-state index contributed by atoms with van der Waals surface area (Å²) in [7, 11) is 0. The highest BCUT2D eigenvalue weighted by Crippen LogP contribution is 2.34. The van der Waals surface area contributed by atoms with E-state index in [2.05, 4.69) is 38.8 Å². The van der Waals surface area contributed by atoms with Crippen LogP contribution < -0.4 is 26.4 Å². The molecular weight excluding hydrogens is 626 g/mol. The van der Waals surface area contributed by atoms with Gasteiger partial charge in [0, 0.05) is 37.8 Å². The summed E-state index contributed by atoms with van der Waals surface area (Å²) in [6, 6.07) is 7.51. The quantitative estimate of drug-likeness (QED) is 0.238. The van der Waals surface area contributed by atoms with Gasteiger partial charge in [0.05, 0.1) is 22.5 Å². The maximum absolute atomic E-state index is 13.1. The lowest BCUT2D eigenvalue weighted by atomic mass is 9.97. The minimum absolute atomic E-state index is 0.0415. The molecule has 0 saturated carbocycles. The predicted molar refractivity (Wildman–Crippen MR) is 161 cm³/mol. The van der Waals surface area contributed by atoms with E-state index in [1.54, 1.807) is 6.07 Å². The molecule has 0 bridgehead atoms. The van der Waals surface area contributed by atoms with E-state index >= 15 is 0 Å². The Morgan fingerprint density at radius 1 is 0.956 bits per heavy atom. The third kappa shape index (κ3) is 7.55. The van der Waals surface area contributed by atoms with Gasteiger partial charge in [-0.2, -0.15) is 26.3 Å². The van der Waals surface area contributed by atoms with Gasteiger partial charge in [0.2, 0.25) is 0 Å². The van der Waals surface area contributed by atoms with Crippen molar-refractivity contribution in [2.45, 2.75) is 63.7 Å². The number of aromatic nitrogens is 1. The number of piperidine rings is 1. The lowest BCUT2D eigenvalue weighted by molar-refractivity contribution is -0.137. The molecule has 15 heteroatoms. The Kier molecular flexibility index (Phi) is 9.39. The van der Waals surface area contributed by atoms with Crippen LogP contribution in [-0.2, 0) is 12.7 Å². The van der Waals surface area contributed by atoms with Crippen LogP contribution in [-0.4, -0.2) is 71.8 Å². The molecule has 0 radical (unpaired) electrons. The summed E-state index contributed by atoms with van der Waals surface area (Å²) in [6.45, 7) is 6.14. The van der Waals surface area contributed by atoms with E-state index in [1.165, 1.54) is 24.4 Å². The van der Waals surface area contributed by atoms with Crippen LogP contribution in [0.3, 0.4) is 0 Å². The zero-order chi connectivity index (χ0) is 32.7. The second-order valence-electron chi connectivity index (χ2n) is 11.8. The number of nitrogens with zero attached hydrogens (tertiary/aromatic N) is 4. The molecule has 0 spiro atoms. The van der Waals surface area contributed by atoms with Crippen LogP contribution >= 0.6 is 11.6 Å². The van der Waals surface area contributed by atoms with Crippen molar-refractivity contribution in [2.75, 3.05) is 48.3 Å². The van der Waals surface area contributed by atoms with Gasteiger partial charge in [0.15, 0.2) is 0 Å². The van der Waals surface area contributed by atoms with Gasteiger partial charge in [-0.1, -0.05) is 29.8 Å². The topological polar surface area (TPSA) is 80.8 Å². The van der Waals surface area contributed by atoms with Crippen molar-refractivity contribution >= 4 is 34.5 Å². The number of halogens is 7. The highest BCUT2D eigenvalue weighted by atomic mass is 35.5. The average molecular weight is 659 g/mol. The van der Waals surface area contributed by atoms with Crippen LogP contribution in [0.1, 0.15) is 37.8 Å². The van der Waals surface area contributed by atoms with Gasteiger partial charge in [-0.25, -0.2) is 4.98 Å². The molecule has 0 amide bonds. The van der Waals surface area contributed by atoms with Gasteiger partial charge in [0.25, 0.3) is 10.9 Å². The zero-order valence-electron chi connectivity index (χ0n) is 24.6. The van der Waals surface area contributed by atoms with Crippen LogP contribution in [0.5, 0.6) is 0 Å². The fourth-order valence-corrected chi connectivity index (χ4v) is 6.47. The summed E-state index contributed by atoms with van der Waals surface area (Å²) >= 11 is 6.59. The fourth-order valence-electron chi connectivity index (χ4n) is 6.19. The molecule has 0 aliphatic carbocycles. The number of pyridine rings is 1. The number of piperazine rings is 1. The standard InChI is InChI=1S/C30H33ClF6N6O2/c1-17-14-43(28-23(31)11-21(12-38-28)40-25-24(26(44)27(25)45)39-16-29(32,33)34)18(2)13-42(17)22-6-8-41(9-7-22)15-19-4-3-5-20(10-19)30(35,36)37/h3-5,10-12,17-18,22,39-40H,6-9,13-16H2,1-2H3/t17-,18+/m1/s1. The molecule has 2 aliphatic rings. The minimum Gasteiger partial charge on any atom is -0.371 e. The first-order valence-electron chi connectivity index (χ1n) is 14.6. The third-order valence-corrected chi connectivity index (χ3v) is 8.74. The highest BCUT2D eigenvalue weighted by Gasteiger charge is 2.36. The Morgan fingerprint density at radius 3 is 2.29 bits per heavy atom. The number of hydrogen-bond donors (Lipinski definition) is 2. The number of nitrogens with one attached hydrogen (secondary N) is 2. The smallest absolute Gasteiger partial charge is 0.371 e. The van der Waals surface area contributed by atoms with Crippen molar-refractivity contribution < 1.29 is 26.3 Å². The summed E-state index contributed by atoms with van der Waals surface area (Å²) < 4.78 is 77.1. The summed E-state index contributed by atoms with van der Waals surface area (Å²) in [5, 5.41) is 4.91. The van der Waals surface area contributed by atoms with E-state index in [-0.39, 0.29) is 28.5 Å². The van der Waals surface area contributed by atoms with Gasteiger partial charge in [-0.05, 0) is 57.5 Å². The molecule has 1 aromatic heterocycles. The molecule has 3 heterocycles. The van der Waals surface area contributed by atoms with Gasteiger partial charge >= 0.3 is 12.4 Å². The molecule has 5 rings (SSSR count). The molecule has 45 heavy (non-hydrogen) atoms. The minimum atomic E-state index is -4.56. The number of alkyl halides is 6. The van der Waals surface area contributed by atoms with Gasteiger partial charge in [-0.3, -0.25) is 19.4 Å². The van der Waals surface area contributed by atoms with Crippen molar-refractivity contribution in [2.24, 2.45) is 0 Å². The predicted octanol–water partition coefficient (Wildman–Crippen LogP) is 5.63. The first-order valence-corrected chi connectivity index (χ1v) is 15.0. The van der Waals surface area contributed by atoms with E-state index in [0.29, 0.717) is 30.5 Å². The Balaban J connectivity index is 1.17. The van der Waals surface area contributed by atoms with Crippen molar-refractivity contribution in [3.63, 3.8) is 0 Å². The summed E-state index contributed by atoms with van der Waals surface area (Å²) in [6.07, 6.45) is -5.72. The molecule has 2 aromatic carbocycles. The number of anilines is 4. The fraction of sp³-hybridized carbons (Fsp3) is 0.500.